The molecule has 1 aromatic heterocycles. The molecule has 2 rings (SSSR count). The van der Waals surface area contributed by atoms with Gasteiger partial charge in [0.15, 0.2) is 0 Å². The molecule has 0 unspecified atom stereocenters. The van der Waals surface area contributed by atoms with Crippen LogP contribution in [0.4, 0.5) is 0 Å². The minimum absolute atomic E-state index is 0.335. The van der Waals surface area contributed by atoms with E-state index in [0.717, 1.165) is 5.56 Å². The predicted molar refractivity (Wildman–Crippen MR) is 63.4 cm³/mol. The van der Waals surface area contributed by atoms with Crippen LogP contribution in [0.15, 0.2) is 42.9 Å². The molecule has 0 aliphatic carbocycles. The maximum absolute atomic E-state index is 11.7. The van der Waals surface area contributed by atoms with E-state index >= 15 is 0 Å². The van der Waals surface area contributed by atoms with E-state index in [9.17, 15) is 4.79 Å². The Morgan fingerprint density at radius 3 is 2.76 bits per heavy atom. The van der Waals surface area contributed by atoms with Crippen molar-refractivity contribution in [3.63, 3.8) is 0 Å². The van der Waals surface area contributed by atoms with E-state index in [1.165, 1.54) is 12.5 Å². The maximum atomic E-state index is 11.7. The monoisotopic (exact) mass is 228 g/mol. The Kier molecular flexibility index (Phi) is 3.45. The van der Waals surface area contributed by atoms with Gasteiger partial charge in [0.2, 0.25) is 0 Å². The molecule has 0 fully saturated rings. The fraction of sp³-hybridized carbons (Fsp3) is 0.154. The first-order valence-electron chi connectivity index (χ1n) is 5.35. The number of esters is 1. The lowest BCUT2D eigenvalue weighted by molar-refractivity contribution is 0.0526. The van der Waals surface area contributed by atoms with Crippen molar-refractivity contribution >= 4 is 5.97 Å². The highest BCUT2D eigenvalue weighted by molar-refractivity contribution is 5.95. The lowest BCUT2D eigenvalue weighted by Crippen LogP contribution is -2.08. The first-order chi connectivity index (χ1) is 8.33. The third kappa shape index (κ3) is 2.47. The number of carbonyl (C=O) groups excluding carboxylic acids is 1. The summed E-state index contributed by atoms with van der Waals surface area (Å²) in [4.78, 5) is 19.7. The van der Waals surface area contributed by atoms with E-state index < -0.39 is 5.97 Å². The van der Waals surface area contributed by atoms with Crippen LogP contribution < -0.4 is 0 Å². The number of hydrogen-bond donors (Lipinski definition) is 0. The van der Waals surface area contributed by atoms with Crippen LogP contribution >= 0.6 is 0 Å². The number of rotatable bonds is 3. The van der Waals surface area contributed by atoms with E-state index in [4.69, 9.17) is 4.74 Å². The molecule has 0 bridgehead atoms. The van der Waals surface area contributed by atoms with Gasteiger partial charge in [-0.2, -0.15) is 0 Å². The van der Waals surface area contributed by atoms with Crippen molar-refractivity contribution in [1.29, 1.82) is 0 Å². The van der Waals surface area contributed by atoms with Crippen molar-refractivity contribution < 1.29 is 9.53 Å². The molecule has 0 radical (unpaired) electrons. The van der Waals surface area contributed by atoms with Crippen LogP contribution in [0, 0.1) is 0 Å². The first-order valence-corrected chi connectivity index (χ1v) is 5.35. The molecule has 4 heteroatoms. The van der Waals surface area contributed by atoms with Crippen LogP contribution in [0.25, 0.3) is 11.3 Å². The van der Waals surface area contributed by atoms with Crippen LogP contribution in [0.1, 0.15) is 17.3 Å². The number of nitrogens with zero attached hydrogens (tertiary/aromatic N) is 2. The maximum Gasteiger partial charge on any atom is 0.341 e. The zero-order chi connectivity index (χ0) is 12.1. The second-order valence-electron chi connectivity index (χ2n) is 3.37. The van der Waals surface area contributed by atoms with E-state index in [1.54, 1.807) is 6.92 Å². The molecule has 17 heavy (non-hydrogen) atoms. The summed E-state index contributed by atoms with van der Waals surface area (Å²) in [6.45, 7) is 2.10. The summed E-state index contributed by atoms with van der Waals surface area (Å²) in [5.74, 6) is -0.396. The predicted octanol–water partition coefficient (Wildman–Crippen LogP) is 2.32. The first kappa shape index (κ1) is 11.3. The largest absolute Gasteiger partial charge is 0.462 e. The minimum Gasteiger partial charge on any atom is -0.462 e. The Hall–Kier alpha value is -2.23. The highest BCUT2D eigenvalue weighted by atomic mass is 16.5. The van der Waals surface area contributed by atoms with Crippen molar-refractivity contribution in [2.75, 3.05) is 6.61 Å². The topological polar surface area (TPSA) is 52.1 Å². The van der Waals surface area contributed by atoms with Crippen molar-refractivity contribution in [3.05, 3.63) is 48.4 Å². The smallest absolute Gasteiger partial charge is 0.341 e. The molecule has 0 saturated heterocycles. The van der Waals surface area contributed by atoms with Gasteiger partial charge in [-0.3, -0.25) is 0 Å². The quantitative estimate of drug-likeness (QED) is 0.756. The lowest BCUT2D eigenvalue weighted by Gasteiger charge is -2.06. The van der Waals surface area contributed by atoms with Crippen LogP contribution in [-0.4, -0.2) is 22.5 Å². The molecular weight excluding hydrogens is 216 g/mol. The highest BCUT2D eigenvalue weighted by Crippen LogP contribution is 2.20. The number of hydrogen-bond acceptors (Lipinski definition) is 4. The Bertz CT molecular complexity index is 512. The van der Waals surface area contributed by atoms with E-state index in [0.29, 0.717) is 17.9 Å². The van der Waals surface area contributed by atoms with Gasteiger partial charge < -0.3 is 4.74 Å². The zero-order valence-electron chi connectivity index (χ0n) is 9.46. The van der Waals surface area contributed by atoms with Gasteiger partial charge in [0.25, 0.3) is 0 Å². The average Bonchev–Trinajstić information content (AvgIpc) is 2.40. The zero-order valence-corrected chi connectivity index (χ0v) is 9.46. The number of ether oxygens (including phenoxy) is 1. The summed E-state index contributed by atoms with van der Waals surface area (Å²) >= 11 is 0. The molecular formula is C13H12N2O2. The van der Waals surface area contributed by atoms with Gasteiger partial charge in [0.1, 0.15) is 11.9 Å². The molecule has 0 N–H and O–H groups in total. The van der Waals surface area contributed by atoms with Gasteiger partial charge in [-0.25, -0.2) is 14.8 Å². The van der Waals surface area contributed by atoms with Crippen LogP contribution in [0.2, 0.25) is 0 Å². The van der Waals surface area contributed by atoms with Crippen molar-refractivity contribution in [1.82, 2.24) is 9.97 Å². The van der Waals surface area contributed by atoms with Gasteiger partial charge >= 0.3 is 5.97 Å². The summed E-state index contributed by atoms with van der Waals surface area (Å²) in [6, 6.07) is 9.49. The van der Waals surface area contributed by atoms with E-state index in [1.807, 2.05) is 30.3 Å². The van der Waals surface area contributed by atoms with Gasteiger partial charge in [-0.15, -0.1) is 0 Å². The van der Waals surface area contributed by atoms with Gasteiger partial charge in [-0.05, 0) is 6.92 Å². The molecule has 2 aromatic rings. The molecule has 0 amide bonds. The standard InChI is InChI=1S/C13H12N2O2/c1-2-17-13(16)11-8-14-9-15-12(11)10-6-4-3-5-7-10/h3-9H,2H2,1H3. The van der Waals surface area contributed by atoms with Crippen LogP contribution in [0.3, 0.4) is 0 Å². The number of aromatic nitrogens is 2. The second-order valence-corrected chi connectivity index (χ2v) is 3.37. The molecule has 86 valence electrons. The summed E-state index contributed by atoms with van der Waals surface area (Å²) in [6.07, 6.45) is 2.90. The Morgan fingerprint density at radius 2 is 2.06 bits per heavy atom. The molecule has 0 saturated carbocycles. The summed E-state index contributed by atoms with van der Waals surface area (Å²) < 4.78 is 4.97. The Balaban J connectivity index is 2.45. The third-order valence-electron chi connectivity index (χ3n) is 2.25. The van der Waals surface area contributed by atoms with Crippen LogP contribution in [-0.2, 0) is 4.74 Å². The molecule has 1 aromatic carbocycles. The summed E-state index contributed by atoms with van der Waals surface area (Å²) in [7, 11) is 0. The Morgan fingerprint density at radius 1 is 1.29 bits per heavy atom. The third-order valence-corrected chi connectivity index (χ3v) is 2.25. The average molecular weight is 228 g/mol. The van der Waals surface area contributed by atoms with E-state index in [2.05, 4.69) is 9.97 Å². The summed E-state index contributed by atoms with van der Waals surface area (Å²) in [5, 5.41) is 0. The van der Waals surface area contributed by atoms with Gasteiger partial charge in [0, 0.05) is 11.8 Å². The van der Waals surface area contributed by atoms with Gasteiger partial charge in [-0.1, -0.05) is 30.3 Å². The molecule has 4 nitrogen and oxygen atoms in total. The molecule has 0 aliphatic rings. The van der Waals surface area contributed by atoms with Crippen molar-refractivity contribution in [2.45, 2.75) is 6.92 Å². The fourth-order valence-corrected chi connectivity index (χ4v) is 1.51. The normalized spacial score (nSPS) is 9.94. The molecule has 0 aliphatic heterocycles. The fourth-order valence-electron chi connectivity index (χ4n) is 1.51. The highest BCUT2D eigenvalue weighted by Gasteiger charge is 2.14. The van der Waals surface area contributed by atoms with Crippen LogP contribution in [0.5, 0.6) is 0 Å². The number of carbonyl (C=O) groups is 1. The molecule has 0 spiro atoms. The molecule has 0 atom stereocenters. The second kappa shape index (κ2) is 5.21. The lowest BCUT2D eigenvalue weighted by atomic mass is 10.1. The molecule has 1 heterocycles. The van der Waals surface area contributed by atoms with Crippen molar-refractivity contribution in [3.8, 4) is 11.3 Å². The van der Waals surface area contributed by atoms with Gasteiger partial charge in [0.05, 0.1) is 12.3 Å². The Labute approximate surface area is 99.3 Å². The number of benzene rings is 1. The van der Waals surface area contributed by atoms with E-state index in [-0.39, 0.29) is 0 Å². The SMILES string of the molecule is CCOC(=O)c1cncnc1-c1ccccc1. The minimum atomic E-state index is -0.396. The van der Waals surface area contributed by atoms with Crippen molar-refractivity contribution in [2.24, 2.45) is 0 Å². The summed E-state index contributed by atoms with van der Waals surface area (Å²) in [5.41, 5.74) is 1.86.